The lowest BCUT2D eigenvalue weighted by Crippen LogP contribution is -2.56. The van der Waals surface area contributed by atoms with Crippen molar-refractivity contribution in [3.63, 3.8) is 0 Å². The highest BCUT2D eigenvalue weighted by atomic mass is 16.7. The highest BCUT2D eigenvalue weighted by molar-refractivity contribution is 5.66. The summed E-state index contributed by atoms with van der Waals surface area (Å²) in [4.78, 5) is 10.9. The molecule has 1 fully saturated rings. The van der Waals surface area contributed by atoms with Crippen LogP contribution in [0.2, 0.25) is 0 Å². The second-order valence-corrected chi connectivity index (χ2v) is 4.10. The Balaban J connectivity index is 2.74. The van der Waals surface area contributed by atoms with Gasteiger partial charge in [0, 0.05) is 20.5 Å². The van der Waals surface area contributed by atoms with E-state index in [1.54, 1.807) is 13.8 Å². The Labute approximate surface area is 89.3 Å². The van der Waals surface area contributed by atoms with Crippen LogP contribution in [0.1, 0.15) is 27.2 Å². The Morgan fingerprint density at radius 2 is 2.20 bits per heavy atom. The van der Waals surface area contributed by atoms with Gasteiger partial charge < -0.3 is 19.3 Å². The fourth-order valence-electron chi connectivity index (χ4n) is 1.86. The van der Waals surface area contributed by atoms with Crippen molar-refractivity contribution < 1.29 is 24.1 Å². The first-order valence-corrected chi connectivity index (χ1v) is 4.94. The number of rotatable bonds is 2. The molecule has 88 valence electrons. The van der Waals surface area contributed by atoms with Crippen molar-refractivity contribution >= 4 is 5.97 Å². The van der Waals surface area contributed by atoms with E-state index < -0.39 is 24.0 Å². The topological polar surface area (TPSA) is 65.0 Å². The minimum Gasteiger partial charge on any atom is -0.457 e. The molecule has 0 unspecified atom stereocenters. The maximum atomic E-state index is 10.9. The summed E-state index contributed by atoms with van der Waals surface area (Å²) in [7, 11) is 1.51. The summed E-state index contributed by atoms with van der Waals surface area (Å²) in [6.45, 7) is 4.67. The molecule has 0 aliphatic carbocycles. The largest absolute Gasteiger partial charge is 0.457 e. The number of hydrogen-bond donors (Lipinski definition) is 1. The third kappa shape index (κ3) is 2.90. The van der Waals surface area contributed by atoms with Gasteiger partial charge in [-0.2, -0.15) is 0 Å². The first-order valence-electron chi connectivity index (χ1n) is 4.94. The van der Waals surface area contributed by atoms with Gasteiger partial charge in [0.05, 0.1) is 6.10 Å². The minimum atomic E-state index is -1.12. The van der Waals surface area contributed by atoms with E-state index in [4.69, 9.17) is 14.2 Å². The van der Waals surface area contributed by atoms with Gasteiger partial charge in [0.1, 0.15) is 5.60 Å². The van der Waals surface area contributed by atoms with Crippen LogP contribution in [-0.4, -0.2) is 42.3 Å². The van der Waals surface area contributed by atoms with Crippen LogP contribution >= 0.6 is 0 Å². The SMILES string of the molecule is CO[C@@H]1C[C@@](C)(O)[C@H](OC(C)=O)[C@H](C)O1. The smallest absolute Gasteiger partial charge is 0.303 e. The van der Waals surface area contributed by atoms with Crippen molar-refractivity contribution in [3.8, 4) is 0 Å². The lowest BCUT2D eigenvalue weighted by molar-refractivity contribution is -0.270. The minimum absolute atomic E-state index is 0.284. The fraction of sp³-hybridized carbons (Fsp3) is 0.900. The zero-order valence-corrected chi connectivity index (χ0v) is 9.52. The highest BCUT2D eigenvalue weighted by Crippen LogP contribution is 2.31. The van der Waals surface area contributed by atoms with Crippen LogP contribution in [0.15, 0.2) is 0 Å². The molecule has 0 aromatic rings. The van der Waals surface area contributed by atoms with Crippen molar-refractivity contribution in [1.29, 1.82) is 0 Å². The summed E-state index contributed by atoms with van der Waals surface area (Å²) in [5.41, 5.74) is -1.12. The molecule has 1 rings (SSSR count). The van der Waals surface area contributed by atoms with Crippen molar-refractivity contribution in [2.75, 3.05) is 7.11 Å². The molecule has 0 aromatic carbocycles. The molecule has 5 heteroatoms. The van der Waals surface area contributed by atoms with E-state index in [1.807, 2.05) is 0 Å². The second kappa shape index (κ2) is 4.47. The van der Waals surface area contributed by atoms with E-state index >= 15 is 0 Å². The number of carbonyl (C=O) groups is 1. The average molecular weight is 218 g/mol. The molecule has 15 heavy (non-hydrogen) atoms. The monoisotopic (exact) mass is 218 g/mol. The summed E-state index contributed by atoms with van der Waals surface area (Å²) in [5, 5.41) is 10.1. The summed E-state index contributed by atoms with van der Waals surface area (Å²) in [5.74, 6) is -0.424. The average Bonchev–Trinajstić information content (AvgIpc) is 2.10. The Morgan fingerprint density at radius 1 is 1.60 bits per heavy atom. The first kappa shape index (κ1) is 12.4. The van der Waals surface area contributed by atoms with Crippen molar-refractivity contribution in [1.82, 2.24) is 0 Å². The summed E-state index contributed by atoms with van der Waals surface area (Å²) >= 11 is 0. The third-order valence-corrected chi connectivity index (χ3v) is 2.54. The molecule has 1 N–H and O–H groups in total. The van der Waals surface area contributed by atoms with E-state index in [9.17, 15) is 9.90 Å². The summed E-state index contributed by atoms with van der Waals surface area (Å²) in [6.07, 6.45) is -1.21. The van der Waals surface area contributed by atoms with Gasteiger partial charge >= 0.3 is 5.97 Å². The standard InChI is InChI=1S/C10H18O5/c1-6-9(15-7(2)11)10(3,12)5-8(13-4)14-6/h6,8-9,12H,5H2,1-4H3/t6-,8-,9+,10+/m0/s1. The molecule has 0 aromatic heterocycles. The predicted molar refractivity (Wildman–Crippen MR) is 52.1 cm³/mol. The molecule has 0 saturated carbocycles. The van der Waals surface area contributed by atoms with Gasteiger partial charge in [-0.15, -0.1) is 0 Å². The van der Waals surface area contributed by atoms with Gasteiger partial charge in [-0.1, -0.05) is 0 Å². The number of aliphatic hydroxyl groups is 1. The van der Waals surface area contributed by atoms with Crippen LogP contribution in [0.4, 0.5) is 0 Å². The van der Waals surface area contributed by atoms with E-state index in [2.05, 4.69) is 0 Å². The van der Waals surface area contributed by atoms with Gasteiger partial charge in [-0.25, -0.2) is 0 Å². The number of carbonyl (C=O) groups excluding carboxylic acids is 1. The van der Waals surface area contributed by atoms with E-state index in [-0.39, 0.29) is 12.5 Å². The zero-order chi connectivity index (χ0) is 11.6. The lowest BCUT2D eigenvalue weighted by Gasteiger charge is -2.43. The van der Waals surface area contributed by atoms with Crippen LogP contribution in [0.5, 0.6) is 0 Å². The van der Waals surface area contributed by atoms with E-state index in [1.165, 1.54) is 14.0 Å². The predicted octanol–water partition coefficient (Wildman–Crippen LogP) is 0.450. The van der Waals surface area contributed by atoms with Gasteiger partial charge in [0.2, 0.25) is 0 Å². The molecular formula is C10H18O5. The molecule has 5 nitrogen and oxygen atoms in total. The zero-order valence-electron chi connectivity index (χ0n) is 9.52. The van der Waals surface area contributed by atoms with Crippen molar-refractivity contribution in [2.24, 2.45) is 0 Å². The molecule has 1 heterocycles. The molecule has 1 aliphatic rings. The maximum Gasteiger partial charge on any atom is 0.303 e. The maximum absolute atomic E-state index is 10.9. The van der Waals surface area contributed by atoms with Crippen LogP contribution < -0.4 is 0 Å². The Morgan fingerprint density at radius 3 is 2.60 bits per heavy atom. The quantitative estimate of drug-likeness (QED) is 0.682. The summed E-state index contributed by atoms with van der Waals surface area (Å²) < 4.78 is 15.5. The molecular weight excluding hydrogens is 200 g/mol. The Hall–Kier alpha value is -0.650. The third-order valence-electron chi connectivity index (χ3n) is 2.54. The number of hydrogen-bond acceptors (Lipinski definition) is 5. The molecule has 0 amide bonds. The number of methoxy groups -OCH3 is 1. The van der Waals surface area contributed by atoms with Crippen molar-refractivity contribution in [3.05, 3.63) is 0 Å². The number of esters is 1. The normalized spacial score (nSPS) is 41.3. The van der Waals surface area contributed by atoms with Crippen molar-refractivity contribution in [2.45, 2.75) is 51.3 Å². The van der Waals surface area contributed by atoms with Crippen LogP contribution in [-0.2, 0) is 19.0 Å². The van der Waals surface area contributed by atoms with Crippen LogP contribution in [0.3, 0.4) is 0 Å². The Bertz CT molecular complexity index is 238. The fourth-order valence-corrected chi connectivity index (χ4v) is 1.86. The molecule has 1 aliphatic heterocycles. The second-order valence-electron chi connectivity index (χ2n) is 4.10. The van der Waals surface area contributed by atoms with Gasteiger partial charge in [-0.3, -0.25) is 4.79 Å². The van der Waals surface area contributed by atoms with Gasteiger partial charge in [-0.05, 0) is 13.8 Å². The van der Waals surface area contributed by atoms with E-state index in [0.29, 0.717) is 0 Å². The van der Waals surface area contributed by atoms with Crippen LogP contribution in [0.25, 0.3) is 0 Å². The molecule has 0 bridgehead atoms. The summed E-state index contributed by atoms with van der Waals surface area (Å²) in [6, 6.07) is 0. The number of ether oxygens (including phenoxy) is 3. The first-order chi connectivity index (χ1) is 6.86. The molecule has 0 radical (unpaired) electrons. The van der Waals surface area contributed by atoms with E-state index in [0.717, 1.165) is 0 Å². The van der Waals surface area contributed by atoms with Crippen LogP contribution in [0, 0.1) is 0 Å². The molecule has 0 spiro atoms. The lowest BCUT2D eigenvalue weighted by atomic mass is 9.88. The molecule has 4 atom stereocenters. The highest BCUT2D eigenvalue weighted by Gasteiger charge is 2.46. The Kier molecular flexibility index (Phi) is 3.70. The molecule has 1 saturated heterocycles. The van der Waals surface area contributed by atoms with Gasteiger partial charge in [0.15, 0.2) is 12.4 Å². The van der Waals surface area contributed by atoms with Gasteiger partial charge in [0.25, 0.3) is 0 Å².